The summed E-state index contributed by atoms with van der Waals surface area (Å²) in [7, 11) is 0. The molecule has 0 saturated carbocycles. The zero-order valence-electron chi connectivity index (χ0n) is 7.90. The first-order chi connectivity index (χ1) is 6.24. The van der Waals surface area contributed by atoms with E-state index < -0.39 is 0 Å². The van der Waals surface area contributed by atoms with Crippen LogP contribution in [0.3, 0.4) is 0 Å². The van der Waals surface area contributed by atoms with E-state index >= 15 is 0 Å². The highest BCUT2D eigenvalue weighted by atomic mass is 16.3. The first-order valence-electron chi connectivity index (χ1n) is 4.64. The summed E-state index contributed by atoms with van der Waals surface area (Å²) in [5.41, 5.74) is 1.21. The van der Waals surface area contributed by atoms with E-state index in [2.05, 4.69) is 6.92 Å². The third kappa shape index (κ3) is 3.07. The molecule has 1 rings (SSSR count). The molecule has 0 aliphatic carbocycles. The number of phenolic OH excluding ortho intramolecular Hbond substituents is 1. The van der Waals surface area contributed by atoms with Crippen LogP contribution >= 0.6 is 0 Å². The summed E-state index contributed by atoms with van der Waals surface area (Å²) in [5, 5.41) is 17.7. The van der Waals surface area contributed by atoms with Gasteiger partial charge in [0.1, 0.15) is 5.75 Å². The molecule has 72 valence electrons. The maximum Gasteiger partial charge on any atom is 0.115 e. The molecule has 0 aliphatic heterocycles. The van der Waals surface area contributed by atoms with E-state index in [9.17, 15) is 0 Å². The molecule has 0 spiro atoms. The van der Waals surface area contributed by atoms with Crippen molar-refractivity contribution in [2.45, 2.75) is 25.7 Å². The minimum absolute atomic E-state index is 0.252. The fourth-order valence-electron chi connectivity index (χ4n) is 1.37. The molecule has 1 aromatic rings. The van der Waals surface area contributed by atoms with E-state index in [1.807, 2.05) is 12.1 Å². The second kappa shape index (κ2) is 4.87. The Morgan fingerprint density at radius 3 is 2.38 bits per heavy atom. The Labute approximate surface area is 78.8 Å². The Balaban J connectivity index is 2.55. The predicted molar refractivity (Wildman–Crippen MR) is 52.8 cm³/mol. The van der Waals surface area contributed by atoms with Crippen LogP contribution in [0.5, 0.6) is 5.75 Å². The summed E-state index contributed by atoms with van der Waals surface area (Å²) in [4.78, 5) is 0. The molecular formula is C11H16O2. The van der Waals surface area contributed by atoms with Crippen LogP contribution < -0.4 is 0 Å². The van der Waals surface area contributed by atoms with Gasteiger partial charge in [-0.3, -0.25) is 0 Å². The first kappa shape index (κ1) is 10.1. The Bertz CT molecular complexity index is 241. The van der Waals surface area contributed by atoms with Crippen molar-refractivity contribution < 1.29 is 10.2 Å². The summed E-state index contributed by atoms with van der Waals surface area (Å²) in [5.74, 6) is 0.755. The predicted octanol–water partition coefficient (Wildman–Crippen LogP) is 2.27. The molecule has 2 heteroatoms. The average Bonchev–Trinajstić information content (AvgIpc) is 2.15. The van der Waals surface area contributed by atoms with E-state index in [-0.39, 0.29) is 6.61 Å². The van der Waals surface area contributed by atoms with Gasteiger partial charge < -0.3 is 10.2 Å². The van der Waals surface area contributed by atoms with Gasteiger partial charge in [0.15, 0.2) is 0 Å². The van der Waals surface area contributed by atoms with Gasteiger partial charge >= 0.3 is 0 Å². The Kier molecular flexibility index (Phi) is 3.77. The van der Waals surface area contributed by atoms with Gasteiger partial charge in [0, 0.05) is 6.61 Å². The SMILES string of the molecule is CC(CCCO)c1ccc(O)cc1. The van der Waals surface area contributed by atoms with Crippen LogP contribution in [0.2, 0.25) is 0 Å². The van der Waals surface area contributed by atoms with Crippen LogP contribution in [0, 0.1) is 0 Å². The lowest BCUT2D eigenvalue weighted by Crippen LogP contribution is -1.94. The van der Waals surface area contributed by atoms with E-state index in [4.69, 9.17) is 10.2 Å². The lowest BCUT2D eigenvalue weighted by atomic mass is 9.96. The van der Waals surface area contributed by atoms with E-state index in [0.29, 0.717) is 11.7 Å². The quantitative estimate of drug-likeness (QED) is 0.746. The maximum atomic E-state index is 9.07. The second-order valence-corrected chi connectivity index (χ2v) is 3.36. The fourth-order valence-corrected chi connectivity index (χ4v) is 1.37. The fraction of sp³-hybridized carbons (Fsp3) is 0.455. The highest BCUT2D eigenvalue weighted by molar-refractivity contribution is 5.27. The molecule has 0 fully saturated rings. The maximum absolute atomic E-state index is 9.07. The number of phenols is 1. The van der Waals surface area contributed by atoms with Gasteiger partial charge in [-0.1, -0.05) is 19.1 Å². The molecule has 0 aromatic heterocycles. The topological polar surface area (TPSA) is 40.5 Å². The van der Waals surface area contributed by atoms with Crippen molar-refractivity contribution in [2.24, 2.45) is 0 Å². The molecule has 0 amide bonds. The molecule has 0 aliphatic rings. The van der Waals surface area contributed by atoms with Crippen LogP contribution in [0.1, 0.15) is 31.2 Å². The van der Waals surface area contributed by atoms with Crippen LogP contribution in [-0.4, -0.2) is 16.8 Å². The van der Waals surface area contributed by atoms with Gasteiger partial charge in [0.25, 0.3) is 0 Å². The monoisotopic (exact) mass is 180 g/mol. The molecule has 13 heavy (non-hydrogen) atoms. The number of aliphatic hydroxyl groups is 1. The largest absolute Gasteiger partial charge is 0.508 e. The van der Waals surface area contributed by atoms with E-state index in [0.717, 1.165) is 12.8 Å². The molecule has 2 N–H and O–H groups in total. The molecule has 0 radical (unpaired) electrons. The first-order valence-corrected chi connectivity index (χ1v) is 4.64. The van der Waals surface area contributed by atoms with Crippen LogP contribution in [0.15, 0.2) is 24.3 Å². The molecule has 1 atom stereocenters. The Morgan fingerprint density at radius 2 is 1.85 bits per heavy atom. The van der Waals surface area contributed by atoms with Crippen molar-refractivity contribution in [3.63, 3.8) is 0 Å². The molecule has 2 nitrogen and oxygen atoms in total. The normalized spacial score (nSPS) is 12.8. The number of hydrogen-bond acceptors (Lipinski definition) is 2. The van der Waals surface area contributed by atoms with Crippen molar-refractivity contribution in [1.29, 1.82) is 0 Å². The van der Waals surface area contributed by atoms with Crippen molar-refractivity contribution in [1.82, 2.24) is 0 Å². The van der Waals surface area contributed by atoms with Gasteiger partial charge in [-0.2, -0.15) is 0 Å². The highest BCUT2D eigenvalue weighted by Crippen LogP contribution is 2.22. The zero-order valence-corrected chi connectivity index (χ0v) is 7.90. The van der Waals surface area contributed by atoms with Gasteiger partial charge in [0.05, 0.1) is 0 Å². The standard InChI is InChI=1S/C11H16O2/c1-9(3-2-8-12)10-4-6-11(13)7-5-10/h4-7,9,12-13H,2-3,8H2,1H3. The summed E-state index contributed by atoms with van der Waals surface area (Å²) in [6.45, 7) is 2.38. The molecule has 0 heterocycles. The molecular weight excluding hydrogens is 164 g/mol. The Hall–Kier alpha value is -1.02. The van der Waals surface area contributed by atoms with Crippen LogP contribution in [-0.2, 0) is 0 Å². The third-order valence-corrected chi connectivity index (χ3v) is 2.26. The minimum Gasteiger partial charge on any atom is -0.508 e. The summed E-state index contributed by atoms with van der Waals surface area (Å²) in [6, 6.07) is 7.25. The number of hydrogen-bond donors (Lipinski definition) is 2. The summed E-state index contributed by atoms with van der Waals surface area (Å²) >= 11 is 0. The third-order valence-electron chi connectivity index (χ3n) is 2.26. The van der Waals surface area contributed by atoms with Gasteiger partial charge in [-0.25, -0.2) is 0 Å². The Morgan fingerprint density at radius 1 is 1.23 bits per heavy atom. The zero-order chi connectivity index (χ0) is 9.68. The van der Waals surface area contributed by atoms with Crippen LogP contribution in [0.4, 0.5) is 0 Å². The van der Waals surface area contributed by atoms with Gasteiger partial charge in [-0.15, -0.1) is 0 Å². The lowest BCUT2D eigenvalue weighted by Gasteiger charge is -2.10. The molecule has 1 unspecified atom stereocenters. The highest BCUT2D eigenvalue weighted by Gasteiger charge is 2.04. The number of aliphatic hydroxyl groups excluding tert-OH is 1. The van der Waals surface area contributed by atoms with Crippen molar-refractivity contribution >= 4 is 0 Å². The minimum atomic E-state index is 0.252. The average molecular weight is 180 g/mol. The van der Waals surface area contributed by atoms with Gasteiger partial charge in [-0.05, 0) is 36.5 Å². The van der Waals surface area contributed by atoms with Crippen molar-refractivity contribution in [3.05, 3.63) is 29.8 Å². The number of benzene rings is 1. The van der Waals surface area contributed by atoms with E-state index in [1.165, 1.54) is 5.56 Å². The second-order valence-electron chi connectivity index (χ2n) is 3.36. The molecule has 0 bridgehead atoms. The number of aromatic hydroxyl groups is 1. The van der Waals surface area contributed by atoms with Gasteiger partial charge in [0.2, 0.25) is 0 Å². The van der Waals surface area contributed by atoms with Crippen LogP contribution in [0.25, 0.3) is 0 Å². The summed E-state index contributed by atoms with van der Waals surface area (Å²) in [6.07, 6.45) is 1.82. The lowest BCUT2D eigenvalue weighted by molar-refractivity contribution is 0.281. The number of rotatable bonds is 4. The molecule has 1 aromatic carbocycles. The van der Waals surface area contributed by atoms with Crippen molar-refractivity contribution in [2.75, 3.05) is 6.61 Å². The summed E-state index contributed by atoms with van der Waals surface area (Å²) < 4.78 is 0. The van der Waals surface area contributed by atoms with Crippen molar-refractivity contribution in [3.8, 4) is 5.75 Å². The smallest absolute Gasteiger partial charge is 0.115 e. The van der Waals surface area contributed by atoms with E-state index in [1.54, 1.807) is 12.1 Å². The molecule has 0 saturated heterocycles.